The average molecular weight is 327 g/mol. The molecule has 0 spiro atoms. The number of nitrogen functional groups attached to an aromatic ring is 1. The predicted octanol–water partition coefficient (Wildman–Crippen LogP) is 2.80. The SMILES string of the molecule is Nc1c(F)cccc1C(=O)NC1CCN(Cc2ccccc2)CC1. The van der Waals surface area contributed by atoms with Crippen LogP contribution in [0.15, 0.2) is 48.5 Å². The lowest BCUT2D eigenvalue weighted by molar-refractivity contribution is 0.0909. The lowest BCUT2D eigenvalue weighted by Crippen LogP contribution is -2.44. The number of para-hydroxylation sites is 1. The first kappa shape index (κ1) is 16.5. The maximum atomic E-state index is 13.5. The zero-order valence-electron chi connectivity index (χ0n) is 13.5. The highest BCUT2D eigenvalue weighted by Crippen LogP contribution is 2.18. The van der Waals surface area contributed by atoms with E-state index in [0.717, 1.165) is 32.5 Å². The summed E-state index contributed by atoms with van der Waals surface area (Å²) >= 11 is 0. The zero-order valence-corrected chi connectivity index (χ0v) is 13.5. The van der Waals surface area contributed by atoms with Gasteiger partial charge in [0.25, 0.3) is 5.91 Å². The standard InChI is InChI=1S/C19H22FN3O/c20-17-8-4-7-16(18(17)21)19(24)22-15-9-11-23(12-10-15)13-14-5-2-1-3-6-14/h1-8,15H,9-13,21H2,(H,22,24). The van der Waals surface area contributed by atoms with Gasteiger partial charge in [-0.15, -0.1) is 0 Å². The highest BCUT2D eigenvalue weighted by molar-refractivity contribution is 5.99. The van der Waals surface area contributed by atoms with E-state index in [1.54, 1.807) is 6.07 Å². The predicted molar refractivity (Wildman–Crippen MR) is 93.0 cm³/mol. The molecular formula is C19H22FN3O. The average Bonchev–Trinajstić information content (AvgIpc) is 2.60. The number of carbonyl (C=O) groups is 1. The number of hydrogen-bond acceptors (Lipinski definition) is 3. The van der Waals surface area contributed by atoms with Crippen molar-refractivity contribution in [1.29, 1.82) is 0 Å². The van der Waals surface area contributed by atoms with Crippen molar-refractivity contribution in [1.82, 2.24) is 10.2 Å². The Morgan fingerprint density at radius 3 is 2.54 bits per heavy atom. The van der Waals surface area contributed by atoms with Gasteiger partial charge in [-0.2, -0.15) is 0 Å². The molecule has 2 aromatic rings. The topological polar surface area (TPSA) is 58.4 Å². The van der Waals surface area contributed by atoms with Gasteiger partial charge in [-0.05, 0) is 30.5 Å². The van der Waals surface area contributed by atoms with Gasteiger partial charge in [-0.1, -0.05) is 36.4 Å². The third kappa shape index (κ3) is 3.92. The molecule has 3 N–H and O–H groups in total. The van der Waals surface area contributed by atoms with Crippen molar-refractivity contribution in [3.05, 3.63) is 65.5 Å². The molecule has 0 radical (unpaired) electrons. The van der Waals surface area contributed by atoms with E-state index in [-0.39, 0.29) is 23.2 Å². The largest absolute Gasteiger partial charge is 0.396 e. The summed E-state index contributed by atoms with van der Waals surface area (Å²) in [6.07, 6.45) is 1.77. The second-order valence-corrected chi connectivity index (χ2v) is 6.21. The van der Waals surface area contributed by atoms with E-state index in [4.69, 9.17) is 5.73 Å². The number of halogens is 1. The zero-order chi connectivity index (χ0) is 16.9. The molecule has 2 aromatic carbocycles. The molecule has 1 aliphatic rings. The molecule has 1 aliphatic heterocycles. The molecule has 1 amide bonds. The van der Waals surface area contributed by atoms with E-state index in [2.05, 4.69) is 22.3 Å². The summed E-state index contributed by atoms with van der Waals surface area (Å²) in [7, 11) is 0. The number of amides is 1. The first-order chi connectivity index (χ1) is 11.6. The van der Waals surface area contributed by atoms with Crippen LogP contribution in [-0.4, -0.2) is 29.9 Å². The number of nitrogens with two attached hydrogens (primary N) is 1. The minimum atomic E-state index is -0.555. The number of nitrogens with one attached hydrogen (secondary N) is 1. The molecule has 1 saturated heterocycles. The monoisotopic (exact) mass is 327 g/mol. The van der Waals surface area contributed by atoms with Crippen LogP contribution in [0, 0.1) is 5.82 Å². The van der Waals surface area contributed by atoms with Crippen molar-refractivity contribution in [3.8, 4) is 0 Å². The molecular weight excluding hydrogens is 305 g/mol. The van der Waals surface area contributed by atoms with Crippen molar-refractivity contribution in [2.45, 2.75) is 25.4 Å². The van der Waals surface area contributed by atoms with Crippen LogP contribution in [0.2, 0.25) is 0 Å². The molecule has 1 fully saturated rings. The van der Waals surface area contributed by atoms with Crippen LogP contribution >= 0.6 is 0 Å². The second kappa shape index (κ2) is 7.45. The van der Waals surface area contributed by atoms with Gasteiger partial charge in [0.1, 0.15) is 5.82 Å². The van der Waals surface area contributed by atoms with Gasteiger partial charge in [0.15, 0.2) is 0 Å². The van der Waals surface area contributed by atoms with Crippen LogP contribution < -0.4 is 11.1 Å². The summed E-state index contributed by atoms with van der Waals surface area (Å²) in [4.78, 5) is 14.7. The number of hydrogen-bond donors (Lipinski definition) is 2. The van der Waals surface area contributed by atoms with Gasteiger partial charge in [0.2, 0.25) is 0 Å². The van der Waals surface area contributed by atoms with Crippen LogP contribution in [0.25, 0.3) is 0 Å². The van der Waals surface area contributed by atoms with Gasteiger partial charge < -0.3 is 11.1 Å². The van der Waals surface area contributed by atoms with Crippen molar-refractivity contribution < 1.29 is 9.18 Å². The first-order valence-electron chi connectivity index (χ1n) is 8.24. The Hall–Kier alpha value is -2.40. The smallest absolute Gasteiger partial charge is 0.253 e. The highest BCUT2D eigenvalue weighted by Gasteiger charge is 2.22. The summed E-state index contributed by atoms with van der Waals surface area (Å²) in [5.41, 5.74) is 7.07. The lowest BCUT2D eigenvalue weighted by atomic mass is 10.0. The fraction of sp³-hybridized carbons (Fsp3) is 0.316. The number of rotatable bonds is 4. The van der Waals surface area contributed by atoms with Crippen LogP contribution in [0.1, 0.15) is 28.8 Å². The Morgan fingerprint density at radius 2 is 1.83 bits per heavy atom. The number of anilines is 1. The summed E-state index contributed by atoms with van der Waals surface area (Å²) in [6, 6.07) is 14.8. The van der Waals surface area contributed by atoms with Gasteiger partial charge in [-0.3, -0.25) is 9.69 Å². The summed E-state index contributed by atoms with van der Waals surface area (Å²) in [5, 5.41) is 2.98. The molecule has 5 heteroatoms. The van der Waals surface area contributed by atoms with Crippen molar-refractivity contribution in [3.63, 3.8) is 0 Å². The molecule has 0 saturated carbocycles. The number of nitrogens with zero attached hydrogens (tertiary/aromatic N) is 1. The Morgan fingerprint density at radius 1 is 1.12 bits per heavy atom. The van der Waals surface area contributed by atoms with E-state index >= 15 is 0 Å². The van der Waals surface area contributed by atoms with Gasteiger partial charge in [0.05, 0.1) is 11.3 Å². The van der Waals surface area contributed by atoms with E-state index in [0.29, 0.717) is 0 Å². The number of benzene rings is 2. The van der Waals surface area contributed by atoms with Crippen molar-refractivity contribution >= 4 is 11.6 Å². The molecule has 0 unspecified atom stereocenters. The van der Waals surface area contributed by atoms with Crippen molar-refractivity contribution in [2.24, 2.45) is 0 Å². The summed E-state index contributed by atoms with van der Waals surface area (Å²) in [6.45, 7) is 2.79. The maximum Gasteiger partial charge on any atom is 0.253 e. The van der Waals surface area contributed by atoms with E-state index in [9.17, 15) is 9.18 Å². The van der Waals surface area contributed by atoms with Gasteiger partial charge in [-0.25, -0.2) is 4.39 Å². The number of carbonyl (C=O) groups excluding carboxylic acids is 1. The normalized spacial score (nSPS) is 16.0. The van der Waals surface area contributed by atoms with Crippen LogP contribution in [0.4, 0.5) is 10.1 Å². The summed E-state index contributed by atoms with van der Waals surface area (Å²) in [5.74, 6) is -0.853. The van der Waals surface area contributed by atoms with E-state index in [1.165, 1.54) is 17.7 Å². The number of likely N-dealkylation sites (tertiary alicyclic amines) is 1. The van der Waals surface area contributed by atoms with Crippen molar-refractivity contribution in [2.75, 3.05) is 18.8 Å². The fourth-order valence-electron chi connectivity index (χ4n) is 3.08. The molecule has 4 nitrogen and oxygen atoms in total. The number of piperidine rings is 1. The molecule has 1 heterocycles. The Kier molecular flexibility index (Phi) is 5.11. The third-order valence-electron chi connectivity index (χ3n) is 4.47. The Labute approximate surface area is 141 Å². The fourth-order valence-corrected chi connectivity index (χ4v) is 3.08. The molecule has 0 aromatic heterocycles. The molecule has 3 rings (SSSR count). The van der Waals surface area contributed by atoms with E-state index < -0.39 is 5.82 Å². The second-order valence-electron chi connectivity index (χ2n) is 6.21. The first-order valence-corrected chi connectivity index (χ1v) is 8.24. The molecule has 0 atom stereocenters. The van der Waals surface area contributed by atoms with Gasteiger partial charge >= 0.3 is 0 Å². The van der Waals surface area contributed by atoms with Crippen LogP contribution in [0.3, 0.4) is 0 Å². The Bertz CT molecular complexity index is 697. The third-order valence-corrected chi connectivity index (χ3v) is 4.47. The lowest BCUT2D eigenvalue weighted by Gasteiger charge is -2.32. The van der Waals surface area contributed by atoms with Gasteiger partial charge in [0, 0.05) is 25.7 Å². The van der Waals surface area contributed by atoms with E-state index in [1.807, 2.05) is 18.2 Å². The highest BCUT2D eigenvalue weighted by atomic mass is 19.1. The molecule has 24 heavy (non-hydrogen) atoms. The van der Waals surface area contributed by atoms with Crippen LogP contribution in [-0.2, 0) is 6.54 Å². The maximum absolute atomic E-state index is 13.5. The minimum Gasteiger partial charge on any atom is -0.396 e. The molecule has 0 bridgehead atoms. The molecule has 126 valence electrons. The quantitative estimate of drug-likeness (QED) is 0.849. The summed E-state index contributed by atoms with van der Waals surface area (Å²) < 4.78 is 13.5. The van der Waals surface area contributed by atoms with Crippen LogP contribution in [0.5, 0.6) is 0 Å². The molecule has 0 aliphatic carbocycles. The Balaban J connectivity index is 1.52. The minimum absolute atomic E-state index is 0.0866.